The summed E-state index contributed by atoms with van der Waals surface area (Å²) in [6.45, 7) is 1.31. The number of thiocarbonyl (C=S) groups is 1. The first-order chi connectivity index (χ1) is 8.93. The highest BCUT2D eigenvalue weighted by molar-refractivity contribution is 9.10. The molecule has 0 saturated carbocycles. The molecule has 0 unspecified atom stereocenters. The van der Waals surface area contributed by atoms with Gasteiger partial charge in [-0.3, -0.25) is 10.2 Å². The van der Waals surface area contributed by atoms with E-state index in [0.717, 1.165) is 0 Å². The molecule has 0 bridgehead atoms. The van der Waals surface area contributed by atoms with Gasteiger partial charge in [0, 0.05) is 6.92 Å². The quantitative estimate of drug-likeness (QED) is 0.283. The maximum Gasteiger partial charge on any atom is 0.308 e. The average molecular weight is 346 g/mol. The van der Waals surface area contributed by atoms with Crippen LogP contribution in [0.1, 0.15) is 12.5 Å². The van der Waals surface area contributed by atoms with Gasteiger partial charge in [-0.05, 0) is 45.8 Å². The summed E-state index contributed by atoms with van der Waals surface area (Å²) in [6.07, 6.45) is 1.50. The van der Waals surface area contributed by atoms with Gasteiger partial charge in [0.25, 0.3) is 0 Å². The Morgan fingerprint density at radius 1 is 1.58 bits per heavy atom. The molecule has 0 atom stereocenters. The number of hydrogen-bond donors (Lipinski definition) is 2. The van der Waals surface area contributed by atoms with Crippen molar-refractivity contribution in [3.8, 4) is 11.5 Å². The summed E-state index contributed by atoms with van der Waals surface area (Å²) in [4.78, 5) is 11.0. The zero-order valence-corrected chi connectivity index (χ0v) is 12.7. The Bertz CT molecular complexity index is 534. The third-order valence-corrected chi connectivity index (χ3v) is 2.57. The van der Waals surface area contributed by atoms with Gasteiger partial charge in [0.1, 0.15) is 0 Å². The number of benzene rings is 1. The first-order valence-corrected chi connectivity index (χ1v) is 6.28. The maximum absolute atomic E-state index is 11.0. The summed E-state index contributed by atoms with van der Waals surface area (Å²) in [5, 5.41) is 3.89. The number of nitrogens with two attached hydrogens (primary N) is 1. The van der Waals surface area contributed by atoms with Crippen molar-refractivity contribution in [2.24, 2.45) is 10.8 Å². The van der Waals surface area contributed by atoms with Gasteiger partial charge < -0.3 is 15.2 Å². The molecule has 3 N–H and O–H groups in total. The van der Waals surface area contributed by atoms with Crippen molar-refractivity contribution in [1.29, 1.82) is 0 Å². The van der Waals surface area contributed by atoms with Gasteiger partial charge in [0.2, 0.25) is 0 Å². The van der Waals surface area contributed by atoms with Gasteiger partial charge in [0.05, 0.1) is 17.8 Å². The van der Waals surface area contributed by atoms with Crippen molar-refractivity contribution in [2.75, 3.05) is 7.11 Å². The fourth-order valence-electron chi connectivity index (χ4n) is 1.23. The van der Waals surface area contributed by atoms with E-state index in [0.29, 0.717) is 21.5 Å². The van der Waals surface area contributed by atoms with Gasteiger partial charge in [-0.15, -0.1) is 0 Å². The van der Waals surface area contributed by atoms with Gasteiger partial charge in [0.15, 0.2) is 16.6 Å². The molecule has 0 spiro atoms. The fourth-order valence-corrected chi connectivity index (χ4v) is 1.82. The van der Waals surface area contributed by atoms with Crippen molar-refractivity contribution < 1.29 is 14.3 Å². The lowest BCUT2D eigenvalue weighted by atomic mass is 10.2. The second-order valence-electron chi connectivity index (χ2n) is 3.36. The van der Waals surface area contributed by atoms with Crippen LogP contribution in [0.2, 0.25) is 0 Å². The number of carbonyl (C=O) groups excluding carboxylic acids is 1. The van der Waals surface area contributed by atoms with Crippen LogP contribution in [-0.4, -0.2) is 24.4 Å². The topological polar surface area (TPSA) is 85.9 Å². The van der Waals surface area contributed by atoms with Gasteiger partial charge >= 0.3 is 5.97 Å². The van der Waals surface area contributed by atoms with Crippen LogP contribution < -0.4 is 20.6 Å². The Balaban J connectivity index is 3.05. The molecule has 0 amide bonds. The molecular formula is C11H12BrN3O3S. The fraction of sp³-hybridized carbons (Fsp3) is 0.182. The van der Waals surface area contributed by atoms with E-state index in [1.165, 1.54) is 20.2 Å². The third-order valence-electron chi connectivity index (χ3n) is 1.89. The van der Waals surface area contributed by atoms with E-state index in [1.807, 2.05) is 0 Å². The minimum absolute atomic E-state index is 0.0683. The molecule has 0 heterocycles. The number of ether oxygens (including phenoxy) is 2. The minimum atomic E-state index is -0.435. The number of rotatable bonds is 4. The monoisotopic (exact) mass is 345 g/mol. The molecule has 0 radical (unpaired) electrons. The van der Waals surface area contributed by atoms with E-state index < -0.39 is 5.97 Å². The van der Waals surface area contributed by atoms with E-state index >= 15 is 0 Å². The van der Waals surface area contributed by atoms with Crippen molar-refractivity contribution >= 4 is 45.4 Å². The molecule has 1 rings (SSSR count). The number of methoxy groups -OCH3 is 1. The Morgan fingerprint density at radius 3 is 2.79 bits per heavy atom. The van der Waals surface area contributed by atoms with E-state index in [4.69, 9.17) is 15.2 Å². The summed E-state index contributed by atoms with van der Waals surface area (Å²) in [5.74, 6) is 0.284. The molecule has 0 saturated heterocycles. The predicted octanol–water partition coefficient (Wildman–Crippen LogP) is 1.55. The molecule has 19 heavy (non-hydrogen) atoms. The zero-order valence-electron chi connectivity index (χ0n) is 10.3. The van der Waals surface area contributed by atoms with Crippen LogP contribution in [-0.2, 0) is 4.79 Å². The Hall–Kier alpha value is -1.67. The molecule has 8 heteroatoms. The number of hydrazone groups is 1. The second kappa shape index (κ2) is 7.05. The SMILES string of the molecule is COc1cc(C=NNC(N)=S)cc(Br)c1OC(C)=O. The van der Waals surface area contributed by atoms with Crippen molar-refractivity contribution in [1.82, 2.24) is 5.43 Å². The highest BCUT2D eigenvalue weighted by Crippen LogP contribution is 2.36. The second-order valence-corrected chi connectivity index (χ2v) is 4.66. The van der Waals surface area contributed by atoms with Crippen LogP contribution in [0.25, 0.3) is 0 Å². The average Bonchev–Trinajstić information content (AvgIpc) is 2.31. The number of hydrogen-bond acceptors (Lipinski definition) is 5. The van der Waals surface area contributed by atoms with Crippen LogP contribution in [0.5, 0.6) is 11.5 Å². The molecule has 0 aliphatic heterocycles. The van der Waals surface area contributed by atoms with E-state index in [2.05, 4.69) is 38.7 Å². The van der Waals surface area contributed by atoms with E-state index in [1.54, 1.807) is 12.1 Å². The molecule has 0 fully saturated rings. The number of halogens is 1. The van der Waals surface area contributed by atoms with E-state index in [9.17, 15) is 4.79 Å². The zero-order chi connectivity index (χ0) is 14.4. The summed E-state index contributed by atoms with van der Waals surface area (Å²) in [7, 11) is 1.48. The molecule has 6 nitrogen and oxygen atoms in total. The Labute approximate surface area is 124 Å². The third kappa shape index (κ3) is 4.84. The molecule has 1 aromatic carbocycles. The molecule has 102 valence electrons. The summed E-state index contributed by atoms with van der Waals surface area (Å²) < 4.78 is 10.8. The molecule has 0 aliphatic rings. The summed E-state index contributed by atoms with van der Waals surface area (Å²) >= 11 is 7.91. The molecule has 1 aromatic rings. The smallest absolute Gasteiger partial charge is 0.308 e. The summed E-state index contributed by atoms with van der Waals surface area (Å²) in [5.41, 5.74) is 8.38. The van der Waals surface area contributed by atoms with Crippen LogP contribution in [0, 0.1) is 0 Å². The van der Waals surface area contributed by atoms with Gasteiger partial charge in [-0.2, -0.15) is 5.10 Å². The molecule has 0 aromatic heterocycles. The number of nitrogens with one attached hydrogen (secondary N) is 1. The van der Waals surface area contributed by atoms with Gasteiger partial charge in [-0.1, -0.05) is 0 Å². The highest BCUT2D eigenvalue weighted by atomic mass is 79.9. The van der Waals surface area contributed by atoms with Crippen LogP contribution in [0.4, 0.5) is 0 Å². The lowest BCUT2D eigenvalue weighted by Crippen LogP contribution is -2.23. The number of esters is 1. The van der Waals surface area contributed by atoms with Crippen molar-refractivity contribution in [3.63, 3.8) is 0 Å². The molecular weight excluding hydrogens is 334 g/mol. The van der Waals surface area contributed by atoms with Crippen LogP contribution in [0.15, 0.2) is 21.7 Å². The number of nitrogens with zero attached hydrogens (tertiary/aromatic N) is 1. The largest absolute Gasteiger partial charge is 0.493 e. The predicted molar refractivity (Wildman–Crippen MR) is 79.5 cm³/mol. The Kier molecular flexibility index (Phi) is 5.71. The maximum atomic E-state index is 11.0. The van der Waals surface area contributed by atoms with Crippen molar-refractivity contribution in [2.45, 2.75) is 6.92 Å². The van der Waals surface area contributed by atoms with Crippen LogP contribution in [0.3, 0.4) is 0 Å². The first kappa shape index (κ1) is 15.4. The molecule has 0 aliphatic carbocycles. The highest BCUT2D eigenvalue weighted by Gasteiger charge is 2.13. The van der Waals surface area contributed by atoms with E-state index in [-0.39, 0.29) is 5.11 Å². The number of carbonyl (C=O) groups is 1. The van der Waals surface area contributed by atoms with Gasteiger partial charge in [-0.25, -0.2) is 0 Å². The normalized spacial score (nSPS) is 10.3. The first-order valence-electron chi connectivity index (χ1n) is 5.08. The lowest BCUT2D eigenvalue weighted by Gasteiger charge is -2.10. The standard InChI is InChI=1S/C11H12BrN3O3S/c1-6(16)18-10-8(12)3-7(4-9(10)17-2)5-14-15-11(13)19/h3-5H,1-2H3,(H3,13,15,19). The minimum Gasteiger partial charge on any atom is -0.493 e. The lowest BCUT2D eigenvalue weighted by molar-refractivity contribution is -0.132. The summed E-state index contributed by atoms with van der Waals surface area (Å²) in [6, 6.07) is 3.37. The van der Waals surface area contributed by atoms with Crippen LogP contribution >= 0.6 is 28.1 Å². The van der Waals surface area contributed by atoms with Crippen molar-refractivity contribution in [3.05, 3.63) is 22.2 Å². The Morgan fingerprint density at radius 2 is 2.26 bits per heavy atom.